The summed E-state index contributed by atoms with van der Waals surface area (Å²) in [5.41, 5.74) is 0. The molecule has 0 unspecified atom stereocenters. The van der Waals surface area contributed by atoms with Gasteiger partial charge in [0.2, 0.25) is 0 Å². The molecule has 0 spiro atoms. The molecule has 0 heterocycles. The fourth-order valence-electron chi connectivity index (χ4n) is 1.94. The molecule has 3 heteroatoms. The van der Waals surface area contributed by atoms with E-state index in [-0.39, 0.29) is 0 Å². The van der Waals surface area contributed by atoms with Crippen molar-refractivity contribution < 1.29 is 14.3 Å². The molecule has 128 valence electrons. The summed E-state index contributed by atoms with van der Waals surface area (Å²) in [6.07, 6.45) is 12.7. The topological polar surface area (TPSA) is 35.5 Å². The minimum Gasteiger partial charge on any atom is -0.434 e. The standard InChI is InChI=1S/C16H32O3.C2H6/c1-3-5-7-8-9-10-11-13-15-19-16(17)18-14-12-6-4-2;1-2/h3-15H2,1-2H3;1-2H3. The molecular weight excluding hydrogens is 264 g/mol. The average molecular weight is 302 g/mol. The van der Waals surface area contributed by atoms with E-state index in [4.69, 9.17) is 9.47 Å². The lowest BCUT2D eigenvalue weighted by molar-refractivity contribution is 0.0530. The highest BCUT2D eigenvalue weighted by Crippen LogP contribution is 2.08. The molecule has 0 aliphatic carbocycles. The van der Waals surface area contributed by atoms with Gasteiger partial charge in [0.25, 0.3) is 0 Å². The predicted octanol–water partition coefficient (Wildman–Crippen LogP) is 6.50. The van der Waals surface area contributed by atoms with Crippen molar-refractivity contribution in [3.8, 4) is 0 Å². The van der Waals surface area contributed by atoms with E-state index in [0.29, 0.717) is 13.2 Å². The number of carbonyl (C=O) groups excluding carboxylic acids is 1. The van der Waals surface area contributed by atoms with E-state index < -0.39 is 6.16 Å². The third-order valence-electron chi connectivity index (χ3n) is 3.19. The first-order valence-electron chi connectivity index (χ1n) is 9.10. The van der Waals surface area contributed by atoms with E-state index in [1.165, 1.54) is 38.5 Å². The maximum absolute atomic E-state index is 11.2. The normalized spacial score (nSPS) is 9.71. The van der Waals surface area contributed by atoms with Gasteiger partial charge in [0.15, 0.2) is 0 Å². The van der Waals surface area contributed by atoms with Crippen LogP contribution in [0.4, 0.5) is 4.79 Å². The van der Waals surface area contributed by atoms with Crippen molar-refractivity contribution in [1.82, 2.24) is 0 Å². The van der Waals surface area contributed by atoms with E-state index in [9.17, 15) is 4.79 Å². The molecule has 0 bridgehead atoms. The summed E-state index contributed by atoms with van der Waals surface area (Å²) in [5, 5.41) is 0. The molecule has 0 atom stereocenters. The Hall–Kier alpha value is -0.730. The van der Waals surface area contributed by atoms with Crippen LogP contribution < -0.4 is 0 Å². The Labute approximate surface area is 132 Å². The second-order valence-corrected chi connectivity index (χ2v) is 5.13. The van der Waals surface area contributed by atoms with Crippen LogP contribution in [0.25, 0.3) is 0 Å². The first-order chi connectivity index (χ1) is 10.3. The van der Waals surface area contributed by atoms with Crippen LogP contribution in [0.5, 0.6) is 0 Å². The molecule has 0 saturated carbocycles. The summed E-state index contributed by atoms with van der Waals surface area (Å²) in [5.74, 6) is 0. The second kappa shape index (κ2) is 21.6. The zero-order valence-corrected chi connectivity index (χ0v) is 14.9. The van der Waals surface area contributed by atoms with Crippen LogP contribution >= 0.6 is 0 Å². The highest BCUT2D eigenvalue weighted by atomic mass is 16.7. The third kappa shape index (κ3) is 21.7. The van der Waals surface area contributed by atoms with Crippen molar-refractivity contribution in [3.63, 3.8) is 0 Å². The highest BCUT2D eigenvalue weighted by molar-refractivity contribution is 5.59. The molecule has 21 heavy (non-hydrogen) atoms. The fraction of sp³-hybridized carbons (Fsp3) is 0.944. The molecule has 0 amide bonds. The molecular formula is C18H38O3. The number of rotatable bonds is 13. The summed E-state index contributed by atoms with van der Waals surface area (Å²) < 4.78 is 9.96. The van der Waals surface area contributed by atoms with Gasteiger partial charge < -0.3 is 9.47 Å². The van der Waals surface area contributed by atoms with Gasteiger partial charge in [-0.15, -0.1) is 0 Å². The summed E-state index contributed by atoms with van der Waals surface area (Å²) in [6.45, 7) is 9.35. The minimum atomic E-state index is -0.501. The van der Waals surface area contributed by atoms with Crippen LogP contribution in [0, 0.1) is 0 Å². The maximum Gasteiger partial charge on any atom is 0.508 e. The average Bonchev–Trinajstić information content (AvgIpc) is 2.52. The predicted molar refractivity (Wildman–Crippen MR) is 90.8 cm³/mol. The monoisotopic (exact) mass is 302 g/mol. The number of carbonyl (C=O) groups is 1. The van der Waals surface area contributed by atoms with E-state index in [1.54, 1.807) is 0 Å². The van der Waals surface area contributed by atoms with Crippen LogP contribution in [-0.4, -0.2) is 19.4 Å². The van der Waals surface area contributed by atoms with Gasteiger partial charge in [0.1, 0.15) is 0 Å². The SMILES string of the molecule is CC.CCCCCCCCCCOC(=O)OCCCCC. The molecule has 0 aromatic heterocycles. The highest BCUT2D eigenvalue weighted by Gasteiger charge is 2.02. The lowest BCUT2D eigenvalue weighted by Gasteiger charge is -2.06. The van der Waals surface area contributed by atoms with Crippen LogP contribution in [0.2, 0.25) is 0 Å². The Morgan fingerprint density at radius 1 is 0.619 bits per heavy atom. The second-order valence-electron chi connectivity index (χ2n) is 5.13. The smallest absolute Gasteiger partial charge is 0.434 e. The van der Waals surface area contributed by atoms with E-state index in [1.807, 2.05) is 13.8 Å². The quantitative estimate of drug-likeness (QED) is 0.288. The first-order valence-corrected chi connectivity index (χ1v) is 9.10. The number of unbranched alkanes of at least 4 members (excludes halogenated alkanes) is 9. The molecule has 0 saturated heterocycles. The lowest BCUT2D eigenvalue weighted by atomic mass is 10.1. The van der Waals surface area contributed by atoms with Gasteiger partial charge in [-0.2, -0.15) is 0 Å². The summed E-state index contributed by atoms with van der Waals surface area (Å²) >= 11 is 0. The van der Waals surface area contributed by atoms with Crippen LogP contribution in [0.15, 0.2) is 0 Å². The Morgan fingerprint density at radius 3 is 1.43 bits per heavy atom. The van der Waals surface area contributed by atoms with Crippen molar-refractivity contribution in [2.75, 3.05) is 13.2 Å². The maximum atomic E-state index is 11.2. The van der Waals surface area contributed by atoms with Gasteiger partial charge in [-0.3, -0.25) is 0 Å². The molecule has 0 aromatic carbocycles. The van der Waals surface area contributed by atoms with Gasteiger partial charge in [-0.05, 0) is 12.8 Å². The number of hydrogen-bond acceptors (Lipinski definition) is 3. The molecule has 0 aromatic rings. The van der Waals surface area contributed by atoms with Gasteiger partial charge in [0.05, 0.1) is 13.2 Å². The number of ether oxygens (including phenoxy) is 2. The first kappa shape index (κ1) is 22.5. The molecule has 0 N–H and O–H groups in total. The summed E-state index contributed by atoms with van der Waals surface area (Å²) in [4.78, 5) is 11.2. The van der Waals surface area contributed by atoms with Gasteiger partial charge in [-0.25, -0.2) is 4.79 Å². The van der Waals surface area contributed by atoms with Crippen LogP contribution in [-0.2, 0) is 9.47 Å². The summed E-state index contributed by atoms with van der Waals surface area (Å²) in [6, 6.07) is 0. The third-order valence-corrected chi connectivity index (χ3v) is 3.19. The van der Waals surface area contributed by atoms with Crippen molar-refractivity contribution >= 4 is 6.16 Å². The zero-order chi connectivity index (χ0) is 16.2. The van der Waals surface area contributed by atoms with E-state index in [0.717, 1.165) is 32.1 Å². The lowest BCUT2D eigenvalue weighted by Crippen LogP contribution is -2.09. The molecule has 3 nitrogen and oxygen atoms in total. The minimum absolute atomic E-state index is 0.490. The summed E-state index contributed by atoms with van der Waals surface area (Å²) in [7, 11) is 0. The van der Waals surface area contributed by atoms with Crippen LogP contribution in [0.1, 0.15) is 98.3 Å². The molecule has 0 radical (unpaired) electrons. The molecule has 0 rings (SSSR count). The van der Waals surface area contributed by atoms with Crippen LogP contribution in [0.3, 0.4) is 0 Å². The van der Waals surface area contributed by atoms with Crippen molar-refractivity contribution in [3.05, 3.63) is 0 Å². The van der Waals surface area contributed by atoms with E-state index in [2.05, 4.69) is 13.8 Å². The molecule has 0 aliphatic heterocycles. The number of hydrogen-bond donors (Lipinski definition) is 0. The molecule has 0 aliphatic rings. The fourth-order valence-corrected chi connectivity index (χ4v) is 1.94. The largest absolute Gasteiger partial charge is 0.508 e. The van der Waals surface area contributed by atoms with Gasteiger partial charge >= 0.3 is 6.16 Å². The zero-order valence-electron chi connectivity index (χ0n) is 14.9. The van der Waals surface area contributed by atoms with E-state index >= 15 is 0 Å². The Kier molecular flexibility index (Phi) is 23.2. The Bertz CT molecular complexity index is 193. The van der Waals surface area contributed by atoms with Crippen molar-refractivity contribution in [2.45, 2.75) is 98.3 Å². The van der Waals surface area contributed by atoms with Gasteiger partial charge in [-0.1, -0.05) is 85.5 Å². The van der Waals surface area contributed by atoms with Crippen molar-refractivity contribution in [1.29, 1.82) is 0 Å². The van der Waals surface area contributed by atoms with Gasteiger partial charge in [0, 0.05) is 0 Å². The van der Waals surface area contributed by atoms with Crippen molar-refractivity contribution in [2.24, 2.45) is 0 Å². The molecule has 0 fully saturated rings. The Balaban J connectivity index is 0. The Morgan fingerprint density at radius 2 is 0.952 bits per heavy atom.